The van der Waals surface area contributed by atoms with Gasteiger partial charge in [0, 0.05) is 36.9 Å². The zero-order valence-electron chi connectivity index (χ0n) is 12.2. The number of rotatable bonds is 5. The maximum atomic E-state index is 6.05. The Bertz CT molecular complexity index is 747. The third-order valence-electron chi connectivity index (χ3n) is 3.66. The Hall–Kier alpha value is -2.10. The number of nitrogens with two attached hydrogens (primary N) is 1. The van der Waals surface area contributed by atoms with Crippen molar-refractivity contribution in [1.82, 2.24) is 9.55 Å². The summed E-state index contributed by atoms with van der Waals surface area (Å²) in [5, 5.41) is 0.757. The van der Waals surface area contributed by atoms with Crippen molar-refractivity contribution in [3.05, 3.63) is 88.5 Å². The summed E-state index contributed by atoms with van der Waals surface area (Å²) in [4.78, 5) is 4.47. The lowest BCUT2D eigenvalue weighted by molar-refractivity contribution is 0.740. The standard InChI is InChI=1S/C18H18ClN3/c19-17-3-1-2-16(10-17)11-18-21-8-9-22(18)13-15-6-4-14(12-20)5-7-15/h1-10H,11-13,20H2. The molecule has 112 valence electrons. The minimum absolute atomic E-state index is 0.575. The molecule has 3 aromatic rings. The highest BCUT2D eigenvalue weighted by atomic mass is 35.5. The molecule has 0 saturated heterocycles. The van der Waals surface area contributed by atoms with Crippen LogP contribution in [0.15, 0.2) is 60.9 Å². The van der Waals surface area contributed by atoms with Gasteiger partial charge in [0.05, 0.1) is 0 Å². The summed E-state index contributed by atoms with van der Waals surface area (Å²) >= 11 is 6.05. The first kappa shape index (κ1) is 14.8. The van der Waals surface area contributed by atoms with E-state index in [-0.39, 0.29) is 0 Å². The van der Waals surface area contributed by atoms with E-state index in [1.54, 1.807) is 0 Å². The Kier molecular flexibility index (Phi) is 4.56. The summed E-state index contributed by atoms with van der Waals surface area (Å²) in [6.07, 6.45) is 4.62. The maximum absolute atomic E-state index is 6.05. The molecule has 0 atom stereocenters. The van der Waals surface area contributed by atoms with Crippen LogP contribution in [-0.4, -0.2) is 9.55 Å². The van der Waals surface area contributed by atoms with Crippen molar-refractivity contribution in [2.24, 2.45) is 5.73 Å². The van der Waals surface area contributed by atoms with Crippen LogP contribution in [0.25, 0.3) is 0 Å². The van der Waals surface area contributed by atoms with Crippen LogP contribution in [-0.2, 0) is 19.5 Å². The molecule has 0 aliphatic heterocycles. The molecule has 0 unspecified atom stereocenters. The Balaban J connectivity index is 1.76. The molecule has 3 rings (SSSR count). The zero-order chi connectivity index (χ0) is 15.4. The number of halogens is 1. The third-order valence-corrected chi connectivity index (χ3v) is 3.90. The molecule has 1 heterocycles. The summed E-state index contributed by atoms with van der Waals surface area (Å²) in [5.74, 6) is 1.03. The molecular formula is C18H18ClN3. The molecule has 0 aliphatic carbocycles. The molecule has 0 fully saturated rings. The van der Waals surface area contributed by atoms with Gasteiger partial charge in [-0.15, -0.1) is 0 Å². The van der Waals surface area contributed by atoms with Crippen molar-refractivity contribution in [3.8, 4) is 0 Å². The Morgan fingerprint density at radius 2 is 1.77 bits per heavy atom. The molecule has 0 spiro atoms. The number of hydrogen-bond donors (Lipinski definition) is 1. The Morgan fingerprint density at radius 1 is 1.00 bits per heavy atom. The normalized spacial score (nSPS) is 10.8. The van der Waals surface area contributed by atoms with Crippen LogP contribution >= 0.6 is 11.6 Å². The largest absolute Gasteiger partial charge is 0.330 e. The molecule has 3 nitrogen and oxygen atoms in total. The van der Waals surface area contributed by atoms with E-state index in [1.807, 2.05) is 30.6 Å². The number of hydrogen-bond acceptors (Lipinski definition) is 2. The number of imidazole rings is 1. The van der Waals surface area contributed by atoms with Gasteiger partial charge in [-0.05, 0) is 28.8 Å². The van der Waals surface area contributed by atoms with Gasteiger partial charge in [0.25, 0.3) is 0 Å². The zero-order valence-corrected chi connectivity index (χ0v) is 13.0. The van der Waals surface area contributed by atoms with Crippen molar-refractivity contribution >= 4 is 11.6 Å². The molecule has 22 heavy (non-hydrogen) atoms. The molecule has 2 aromatic carbocycles. The van der Waals surface area contributed by atoms with Gasteiger partial charge in [-0.1, -0.05) is 48.0 Å². The lowest BCUT2D eigenvalue weighted by Crippen LogP contribution is -2.05. The van der Waals surface area contributed by atoms with Crippen molar-refractivity contribution < 1.29 is 0 Å². The van der Waals surface area contributed by atoms with Gasteiger partial charge < -0.3 is 10.3 Å². The molecule has 2 N–H and O–H groups in total. The van der Waals surface area contributed by atoms with E-state index in [1.165, 1.54) is 11.1 Å². The van der Waals surface area contributed by atoms with E-state index < -0.39 is 0 Å². The first-order valence-corrected chi connectivity index (χ1v) is 7.65. The second-order valence-corrected chi connectivity index (χ2v) is 5.74. The summed E-state index contributed by atoms with van der Waals surface area (Å²) in [5.41, 5.74) is 9.18. The molecule has 0 saturated carbocycles. The van der Waals surface area contributed by atoms with Crippen LogP contribution in [0.4, 0.5) is 0 Å². The van der Waals surface area contributed by atoms with E-state index in [0.29, 0.717) is 6.54 Å². The first-order chi connectivity index (χ1) is 10.7. The monoisotopic (exact) mass is 311 g/mol. The fourth-order valence-electron chi connectivity index (χ4n) is 2.46. The highest BCUT2D eigenvalue weighted by Gasteiger charge is 2.05. The highest BCUT2D eigenvalue weighted by Crippen LogP contribution is 2.15. The van der Waals surface area contributed by atoms with E-state index in [2.05, 4.69) is 39.9 Å². The predicted molar refractivity (Wildman–Crippen MR) is 89.9 cm³/mol. The van der Waals surface area contributed by atoms with E-state index in [0.717, 1.165) is 29.4 Å². The second kappa shape index (κ2) is 6.77. The van der Waals surface area contributed by atoms with Crippen LogP contribution in [0, 0.1) is 0 Å². The minimum Gasteiger partial charge on any atom is -0.330 e. The SMILES string of the molecule is NCc1ccc(Cn2ccnc2Cc2cccc(Cl)c2)cc1. The molecule has 4 heteroatoms. The van der Waals surface area contributed by atoms with Gasteiger partial charge in [-0.3, -0.25) is 0 Å². The fraction of sp³-hybridized carbons (Fsp3) is 0.167. The summed E-state index contributed by atoms with van der Waals surface area (Å²) in [6.45, 7) is 1.38. The van der Waals surface area contributed by atoms with Gasteiger partial charge in [0.2, 0.25) is 0 Å². The van der Waals surface area contributed by atoms with Gasteiger partial charge >= 0.3 is 0 Å². The smallest absolute Gasteiger partial charge is 0.113 e. The number of nitrogens with zero attached hydrogens (tertiary/aromatic N) is 2. The summed E-state index contributed by atoms with van der Waals surface area (Å²) < 4.78 is 2.17. The van der Waals surface area contributed by atoms with Crippen LogP contribution in [0.5, 0.6) is 0 Å². The average molecular weight is 312 g/mol. The predicted octanol–water partition coefficient (Wildman–Crippen LogP) is 3.63. The van der Waals surface area contributed by atoms with Gasteiger partial charge in [0.15, 0.2) is 0 Å². The second-order valence-electron chi connectivity index (χ2n) is 5.30. The molecule has 0 aliphatic rings. The minimum atomic E-state index is 0.575. The van der Waals surface area contributed by atoms with Crippen LogP contribution in [0.3, 0.4) is 0 Å². The quantitative estimate of drug-likeness (QED) is 0.782. The van der Waals surface area contributed by atoms with Crippen LogP contribution in [0.1, 0.15) is 22.5 Å². The van der Waals surface area contributed by atoms with E-state index in [9.17, 15) is 0 Å². The molecule has 0 radical (unpaired) electrons. The first-order valence-electron chi connectivity index (χ1n) is 7.27. The van der Waals surface area contributed by atoms with E-state index in [4.69, 9.17) is 17.3 Å². The lowest BCUT2D eigenvalue weighted by atomic mass is 10.1. The van der Waals surface area contributed by atoms with Crippen LogP contribution in [0.2, 0.25) is 5.02 Å². The highest BCUT2D eigenvalue weighted by molar-refractivity contribution is 6.30. The van der Waals surface area contributed by atoms with Gasteiger partial charge in [-0.2, -0.15) is 0 Å². The van der Waals surface area contributed by atoms with Crippen molar-refractivity contribution in [2.75, 3.05) is 0 Å². The maximum Gasteiger partial charge on any atom is 0.113 e. The molecule has 0 amide bonds. The number of benzene rings is 2. The lowest BCUT2D eigenvalue weighted by Gasteiger charge is -2.09. The molecular weight excluding hydrogens is 294 g/mol. The van der Waals surface area contributed by atoms with Crippen molar-refractivity contribution in [2.45, 2.75) is 19.5 Å². The Labute approximate surface area is 135 Å². The van der Waals surface area contributed by atoms with E-state index >= 15 is 0 Å². The molecule has 0 bridgehead atoms. The third kappa shape index (κ3) is 3.56. The van der Waals surface area contributed by atoms with Crippen LogP contribution < -0.4 is 5.73 Å². The Morgan fingerprint density at radius 3 is 2.50 bits per heavy atom. The average Bonchev–Trinajstić information content (AvgIpc) is 2.95. The van der Waals surface area contributed by atoms with Gasteiger partial charge in [-0.25, -0.2) is 4.98 Å². The molecule has 1 aromatic heterocycles. The topological polar surface area (TPSA) is 43.8 Å². The van der Waals surface area contributed by atoms with Crippen molar-refractivity contribution in [1.29, 1.82) is 0 Å². The summed E-state index contributed by atoms with van der Waals surface area (Å²) in [7, 11) is 0. The van der Waals surface area contributed by atoms with Crippen molar-refractivity contribution in [3.63, 3.8) is 0 Å². The summed E-state index contributed by atoms with van der Waals surface area (Å²) in [6, 6.07) is 16.3. The van der Waals surface area contributed by atoms with Gasteiger partial charge in [0.1, 0.15) is 5.82 Å². The number of aromatic nitrogens is 2. The fourth-order valence-corrected chi connectivity index (χ4v) is 2.67.